The van der Waals surface area contributed by atoms with Gasteiger partial charge in [0.2, 0.25) is 5.91 Å². The van der Waals surface area contributed by atoms with Crippen molar-refractivity contribution in [1.29, 1.82) is 0 Å². The lowest BCUT2D eigenvalue weighted by atomic mass is 10.2. The van der Waals surface area contributed by atoms with Gasteiger partial charge in [-0.25, -0.2) is 4.79 Å². The summed E-state index contributed by atoms with van der Waals surface area (Å²) in [7, 11) is 0. The van der Waals surface area contributed by atoms with Crippen LogP contribution < -0.4 is 5.32 Å². The van der Waals surface area contributed by atoms with Crippen molar-refractivity contribution in [2.24, 2.45) is 5.92 Å². The third kappa shape index (κ3) is 4.91. The zero-order chi connectivity index (χ0) is 16.0. The Morgan fingerprint density at radius 1 is 1.24 bits per heavy atom. The SMILES string of the molecule is CCN(CC(C)C(=O)O)C(=O)NC(C)C(=O)N1CCCC1. The van der Waals surface area contributed by atoms with E-state index < -0.39 is 24.0 Å². The molecule has 3 amide bonds. The summed E-state index contributed by atoms with van der Waals surface area (Å²) in [5, 5.41) is 11.6. The summed E-state index contributed by atoms with van der Waals surface area (Å²) in [4.78, 5) is 38.3. The van der Waals surface area contributed by atoms with Gasteiger partial charge < -0.3 is 20.2 Å². The van der Waals surface area contributed by atoms with Gasteiger partial charge >= 0.3 is 12.0 Å². The highest BCUT2D eigenvalue weighted by Crippen LogP contribution is 2.09. The Morgan fingerprint density at radius 2 is 1.81 bits per heavy atom. The molecule has 0 saturated carbocycles. The Balaban J connectivity index is 2.52. The molecule has 0 radical (unpaired) electrons. The number of carboxylic acids is 1. The van der Waals surface area contributed by atoms with Gasteiger partial charge in [0.15, 0.2) is 0 Å². The molecule has 1 heterocycles. The summed E-state index contributed by atoms with van der Waals surface area (Å²) in [6.45, 7) is 7.00. The number of hydrogen-bond donors (Lipinski definition) is 2. The minimum absolute atomic E-state index is 0.0804. The van der Waals surface area contributed by atoms with Crippen molar-refractivity contribution < 1.29 is 19.5 Å². The van der Waals surface area contributed by atoms with Crippen molar-refractivity contribution in [1.82, 2.24) is 15.1 Å². The number of nitrogens with zero attached hydrogens (tertiary/aromatic N) is 2. The van der Waals surface area contributed by atoms with Crippen molar-refractivity contribution in [3.05, 3.63) is 0 Å². The molecule has 21 heavy (non-hydrogen) atoms. The first-order chi connectivity index (χ1) is 9.86. The minimum Gasteiger partial charge on any atom is -0.481 e. The zero-order valence-corrected chi connectivity index (χ0v) is 13.0. The Kier molecular flexibility index (Phi) is 6.45. The third-order valence-electron chi connectivity index (χ3n) is 3.71. The molecule has 0 bridgehead atoms. The van der Waals surface area contributed by atoms with Gasteiger partial charge in [0.25, 0.3) is 0 Å². The first kappa shape index (κ1) is 17.3. The summed E-state index contributed by atoms with van der Waals surface area (Å²) in [6.07, 6.45) is 2.01. The van der Waals surface area contributed by atoms with Crippen molar-refractivity contribution in [2.45, 2.75) is 39.7 Å². The predicted octanol–water partition coefficient (Wildman–Crippen LogP) is 0.750. The number of likely N-dealkylation sites (tertiary alicyclic amines) is 1. The Morgan fingerprint density at radius 3 is 2.29 bits per heavy atom. The number of rotatable bonds is 6. The van der Waals surface area contributed by atoms with Gasteiger partial charge in [0, 0.05) is 26.2 Å². The number of amides is 3. The molecule has 1 saturated heterocycles. The van der Waals surface area contributed by atoms with Gasteiger partial charge in [-0.05, 0) is 26.7 Å². The number of carbonyl (C=O) groups excluding carboxylic acids is 2. The Bertz CT molecular complexity index is 394. The van der Waals surface area contributed by atoms with Gasteiger partial charge in [-0.15, -0.1) is 0 Å². The van der Waals surface area contributed by atoms with E-state index in [2.05, 4.69) is 5.32 Å². The topological polar surface area (TPSA) is 90.0 Å². The maximum absolute atomic E-state index is 12.1. The second-order valence-corrected chi connectivity index (χ2v) is 5.48. The van der Waals surface area contributed by atoms with E-state index in [1.807, 2.05) is 0 Å². The van der Waals surface area contributed by atoms with Crippen LogP contribution in [0.5, 0.6) is 0 Å². The van der Waals surface area contributed by atoms with Crippen LogP contribution in [-0.4, -0.2) is 65.0 Å². The third-order valence-corrected chi connectivity index (χ3v) is 3.71. The summed E-state index contributed by atoms with van der Waals surface area (Å²) >= 11 is 0. The molecule has 2 atom stereocenters. The minimum atomic E-state index is -0.942. The number of aliphatic carboxylic acids is 1. The number of nitrogens with one attached hydrogen (secondary N) is 1. The largest absolute Gasteiger partial charge is 0.481 e. The molecule has 7 heteroatoms. The lowest BCUT2D eigenvalue weighted by Gasteiger charge is -2.26. The average Bonchev–Trinajstić information content (AvgIpc) is 2.97. The molecule has 2 N–H and O–H groups in total. The molecule has 2 unspecified atom stereocenters. The van der Waals surface area contributed by atoms with Crippen LogP contribution in [-0.2, 0) is 9.59 Å². The second kappa shape index (κ2) is 7.85. The first-order valence-corrected chi connectivity index (χ1v) is 7.43. The molecule has 0 aromatic carbocycles. The van der Waals surface area contributed by atoms with Crippen LogP contribution in [0, 0.1) is 5.92 Å². The average molecular weight is 299 g/mol. The quantitative estimate of drug-likeness (QED) is 0.757. The molecule has 120 valence electrons. The molecule has 1 fully saturated rings. The van der Waals surface area contributed by atoms with E-state index in [0.29, 0.717) is 6.54 Å². The maximum atomic E-state index is 12.1. The fourth-order valence-corrected chi connectivity index (χ4v) is 2.31. The molecule has 0 aliphatic carbocycles. The smallest absolute Gasteiger partial charge is 0.318 e. The molecule has 0 aromatic rings. The monoisotopic (exact) mass is 299 g/mol. The van der Waals surface area contributed by atoms with Gasteiger partial charge in [-0.3, -0.25) is 9.59 Å². The number of urea groups is 1. The highest BCUT2D eigenvalue weighted by atomic mass is 16.4. The van der Waals surface area contributed by atoms with Crippen molar-refractivity contribution >= 4 is 17.9 Å². The molecular formula is C14H25N3O4. The van der Waals surface area contributed by atoms with E-state index in [4.69, 9.17) is 5.11 Å². The normalized spacial score (nSPS) is 17.2. The van der Waals surface area contributed by atoms with Crippen LogP contribution in [0.3, 0.4) is 0 Å². The second-order valence-electron chi connectivity index (χ2n) is 5.48. The van der Waals surface area contributed by atoms with E-state index in [0.717, 1.165) is 25.9 Å². The molecule has 1 aliphatic heterocycles. The summed E-state index contributed by atoms with van der Waals surface area (Å²) in [6, 6.07) is -0.990. The van der Waals surface area contributed by atoms with E-state index in [1.54, 1.807) is 25.7 Å². The van der Waals surface area contributed by atoms with Crippen LogP contribution in [0.4, 0.5) is 4.79 Å². The maximum Gasteiger partial charge on any atom is 0.318 e. The standard InChI is InChI=1S/C14H25N3O4/c1-4-16(9-10(2)13(19)20)14(21)15-11(3)12(18)17-7-5-6-8-17/h10-11H,4-9H2,1-3H3,(H,15,21)(H,19,20). The van der Waals surface area contributed by atoms with E-state index >= 15 is 0 Å². The summed E-state index contributed by atoms with van der Waals surface area (Å²) < 4.78 is 0. The molecule has 1 rings (SSSR count). The van der Waals surface area contributed by atoms with Gasteiger partial charge in [0.1, 0.15) is 6.04 Å². The van der Waals surface area contributed by atoms with Gasteiger partial charge in [0.05, 0.1) is 5.92 Å². The Labute approximate surface area is 125 Å². The van der Waals surface area contributed by atoms with E-state index in [1.165, 1.54) is 4.90 Å². The summed E-state index contributed by atoms with van der Waals surface area (Å²) in [5.41, 5.74) is 0. The van der Waals surface area contributed by atoms with Gasteiger partial charge in [-0.1, -0.05) is 6.92 Å². The first-order valence-electron chi connectivity index (χ1n) is 7.43. The highest BCUT2D eigenvalue weighted by molar-refractivity contribution is 5.87. The lowest BCUT2D eigenvalue weighted by molar-refractivity contribution is -0.141. The van der Waals surface area contributed by atoms with Crippen LogP contribution in [0.2, 0.25) is 0 Å². The zero-order valence-electron chi connectivity index (χ0n) is 13.0. The number of hydrogen-bond acceptors (Lipinski definition) is 3. The van der Waals surface area contributed by atoms with Crippen LogP contribution >= 0.6 is 0 Å². The fraction of sp³-hybridized carbons (Fsp3) is 0.786. The van der Waals surface area contributed by atoms with Crippen LogP contribution in [0.15, 0.2) is 0 Å². The van der Waals surface area contributed by atoms with Crippen LogP contribution in [0.25, 0.3) is 0 Å². The predicted molar refractivity (Wildman–Crippen MR) is 77.9 cm³/mol. The van der Waals surface area contributed by atoms with Crippen LogP contribution in [0.1, 0.15) is 33.6 Å². The summed E-state index contributed by atoms with van der Waals surface area (Å²) in [5.74, 6) is -1.66. The number of carboxylic acid groups (broad SMARTS) is 1. The molecule has 1 aliphatic rings. The van der Waals surface area contributed by atoms with Crippen molar-refractivity contribution in [3.63, 3.8) is 0 Å². The lowest BCUT2D eigenvalue weighted by Crippen LogP contribution is -2.51. The van der Waals surface area contributed by atoms with E-state index in [-0.39, 0.29) is 12.5 Å². The Hall–Kier alpha value is -1.79. The molecular weight excluding hydrogens is 274 g/mol. The van der Waals surface area contributed by atoms with E-state index in [9.17, 15) is 14.4 Å². The van der Waals surface area contributed by atoms with Gasteiger partial charge in [-0.2, -0.15) is 0 Å². The van der Waals surface area contributed by atoms with Crippen molar-refractivity contribution in [2.75, 3.05) is 26.2 Å². The van der Waals surface area contributed by atoms with Crippen molar-refractivity contribution in [3.8, 4) is 0 Å². The molecule has 0 aromatic heterocycles. The molecule has 0 spiro atoms. The fourth-order valence-electron chi connectivity index (χ4n) is 2.31. The number of carbonyl (C=O) groups is 3. The molecule has 7 nitrogen and oxygen atoms in total. The highest BCUT2D eigenvalue weighted by Gasteiger charge is 2.26.